The molecular weight excluding hydrogens is 387 g/mol. The van der Waals surface area contributed by atoms with Crippen LogP contribution in [-0.4, -0.2) is 25.1 Å². The number of pyridine rings is 1. The Morgan fingerprint density at radius 2 is 1.93 bits per heavy atom. The summed E-state index contributed by atoms with van der Waals surface area (Å²) in [6.07, 6.45) is 1.83. The van der Waals surface area contributed by atoms with Crippen LogP contribution in [0.2, 0.25) is 0 Å². The minimum Gasteiger partial charge on any atom is -0.454 e. The second-order valence-corrected chi connectivity index (χ2v) is 6.35. The van der Waals surface area contributed by atoms with Crippen LogP contribution in [0, 0.1) is 0 Å². The number of aromatic nitrogens is 4. The van der Waals surface area contributed by atoms with Crippen LogP contribution in [0.25, 0.3) is 16.8 Å². The minimum atomic E-state index is -4.74. The van der Waals surface area contributed by atoms with Crippen molar-refractivity contribution in [2.24, 2.45) is 12.8 Å². The molecular formula is C19H14F3N5O2. The number of carbonyl (C=O) groups is 1. The first-order chi connectivity index (χ1) is 13.7. The number of rotatable bonds is 4. The Labute approximate surface area is 162 Å². The van der Waals surface area contributed by atoms with Crippen molar-refractivity contribution < 1.29 is 22.7 Å². The zero-order valence-corrected chi connectivity index (χ0v) is 15.0. The molecule has 0 aliphatic carbocycles. The maximum Gasteiger partial charge on any atom is 0.420 e. The summed E-state index contributed by atoms with van der Waals surface area (Å²) in [7, 11) is 1.80. The molecule has 3 heterocycles. The Kier molecular flexibility index (Phi) is 4.26. The van der Waals surface area contributed by atoms with Gasteiger partial charge in [0.05, 0.1) is 23.8 Å². The van der Waals surface area contributed by atoms with Crippen LogP contribution in [0.1, 0.15) is 15.9 Å². The minimum absolute atomic E-state index is 0.156. The molecule has 0 radical (unpaired) electrons. The van der Waals surface area contributed by atoms with Gasteiger partial charge in [0.2, 0.25) is 5.91 Å². The molecule has 7 nitrogen and oxygen atoms in total. The number of alkyl halides is 3. The van der Waals surface area contributed by atoms with Crippen molar-refractivity contribution in [3.63, 3.8) is 0 Å². The van der Waals surface area contributed by atoms with Crippen LogP contribution in [0.5, 0.6) is 11.5 Å². The molecule has 4 rings (SSSR count). The molecule has 148 valence electrons. The molecule has 0 bridgehead atoms. The van der Waals surface area contributed by atoms with E-state index in [0.29, 0.717) is 22.8 Å². The van der Waals surface area contributed by atoms with Gasteiger partial charge in [-0.25, -0.2) is 9.50 Å². The van der Waals surface area contributed by atoms with E-state index in [1.807, 2.05) is 0 Å². The van der Waals surface area contributed by atoms with Gasteiger partial charge in [0.15, 0.2) is 5.75 Å². The summed E-state index contributed by atoms with van der Waals surface area (Å²) in [5.41, 5.74) is 5.43. The highest BCUT2D eigenvalue weighted by atomic mass is 19.4. The topological polar surface area (TPSA) is 87.4 Å². The first-order valence-corrected chi connectivity index (χ1v) is 8.37. The molecule has 29 heavy (non-hydrogen) atoms. The molecule has 0 aliphatic heterocycles. The number of imidazole rings is 1. The molecule has 0 saturated heterocycles. The molecule has 0 atom stereocenters. The van der Waals surface area contributed by atoms with Crippen LogP contribution in [0.15, 0.2) is 55.2 Å². The summed E-state index contributed by atoms with van der Waals surface area (Å²) in [6, 6.07) is 6.13. The number of benzene rings is 1. The first-order valence-electron chi connectivity index (χ1n) is 8.37. The monoisotopic (exact) mass is 401 g/mol. The largest absolute Gasteiger partial charge is 0.454 e. The maximum atomic E-state index is 13.5. The lowest BCUT2D eigenvalue weighted by molar-refractivity contribution is -0.138. The van der Waals surface area contributed by atoms with Gasteiger partial charge in [0, 0.05) is 30.6 Å². The lowest BCUT2D eigenvalue weighted by Crippen LogP contribution is -2.14. The van der Waals surface area contributed by atoms with Crippen LogP contribution < -0.4 is 10.5 Å². The number of aryl methyl sites for hydroxylation is 1. The van der Waals surface area contributed by atoms with E-state index in [1.165, 1.54) is 16.8 Å². The van der Waals surface area contributed by atoms with Crippen molar-refractivity contribution in [2.45, 2.75) is 6.18 Å². The van der Waals surface area contributed by atoms with E-state index < -0.39 is 23.4 Å². The third-order valence-corrected chi connectivity index (χ3v) is 4.26. The molecule has 0 spiro atoms. The fourth-order valence-corrected chi connectivity index (χ4v) is 2.89. The summed E-state index contributed by atoms with van der Waals surface area (Å²) in [6.45, 7) is 0. The van der Waals surface area contributed by atoms with Gasteiger partial charge in [-0.1, -0.05) is 0 Å². The molecule has 0 saturated carbocycles. The van der Waals surface area contributed by atoms with Crippen molar-refractivity contribution in [1.82, 2.24) is 19.2 Å². The number of nitrogens with zero attached hydrogens (tertiary/aromatic N) is 4. The standard InChI is InChI=1S/C19H14F3N5O2/c1-26-9-14(24-10-26)12-7-17(15-4-5-25-27(15)8-12)29-16-3-2-11(18(23)28)6-13(16)19(20,21)22/h2-10H,1H3,(H2,23,28). The fourth-order valence-electron chi connectivity index (χ4n) is 2.89. The number of fused-ring (bicyclic) bond motifs is 1. The Bertz CT molecular complexity index is 1230. The van der Waals surface area contributed by atoms with E-state index in [4.69, 9.17) is 10.5 Å². The normalized spacial score (nSPS) is 11.7. The van der Waals surface area contributed by atoms with E-state index in [-0.39, 0.29) is 11.3 Å². The van der Waals surface area contributed by atoms with Crippen LogP contribution in [0.4, 0.5) is 13.2 Å². The summed E-state index contributed by atoms with van der Waals surface area (Å²) in [4.78, 5) is 15.5. The van der Waals surface area contributed by atoms with Crippen LogP contribution >= 0.6 is 0 Å². The predicted molar refractivity (Wildman–Crippen MR) is 97.4 cm³/mol. The smallest absolute Gasteiger partial charge is 0.420 e. The van der Waals surface area contributed by atoms with Crippen molar-refractivity contribution in [3.8, 4) is 22.8 Å². The van der Waals surface area contributed by atoms with Gasteiger partial charge in [0.25, 0.3) is 0 Å². The van der Waals surface area contributed by atoms with Gasteiger partial charge in [-0.05, 0) is 30.3 Å². The van der Waals surface area contributed by atoms with E-state index in [1.54, 1.807) is 42.5 Å². The Balaban J connectivity index is 1.84. The first kappa shape index (κ1) is 18.5. The van der Waals surface area contributed by atoms with Gasteiger partial charge in [-0.15, -0.1) is 0 Å². The number of hydrogen-bond acceptors (Lipinski definition) is 4. The van der Waals surface area contributed by atoms with Crippen molar-refractivity contribution in [2.75, 3.05) is 0 Å². The second-order valence-electron chi connectivity index (χ2n) is 6.35. The lowest BCUT2D eigenvalue weighted by atomic mass is 10.1. The summed E-state index contributed by atoms with van der Waals surface area (Å²) >= 11 is 0. The van der Waals surface area contributed by atoms with Crippen LogP contribution in [-0.2, 0) is 13.2 Å². The molecule has 0 aliphatic rings. The number of ether oxygens (including phenoxy) is 1. The SMILES string of the molecule is Cn1cnc(-c2cc(Oc3ccc(C(N)=O)cc3C(F)(F)F)c3ccnn3c2)c1. The molecule has 10 heteroatoms. The highest BCUT2D eigenvalue weighted by molar-refractivity contribution is 5.93. The molecule has 0 fully saturated rings. The van der Waals surface area contributed by atoms with Crippen molar-refractivity contribution in [1.29, 1.82) is 0 Å². The zero-order chi connectivity index (χ0) is 20.8. The molecule has 3 aromatic heterocycles. The third kappa shape index (κ3) is 3.51. The Morgan fingerprint density at radius 1 is 1.14 bits per heavy atom. The number of carbonyl (C=O) groups excluding carboxylic acids is 1. The van der Waals surface area contributed by atoms with Crippen molar-refractivity contribution >= 4 is 11.4 Å². The van der Waals surface area contributed by atoms with Gasteiger partial charge < -0.3 is 15.0 Å². The molecule has 2 N–H and O–H groups in total. The van der Waals surface area contributed by atoms with Gasteiger partial charge in [-0.3, -0.25) is 4.79 Å². The number of hydrogen-bond donors (Lipinski definition) is 1. The van der Waals surface area contributed by atoms with E-state index in [0.717, 1.165) is 6.07 Å². The van der Waals surface area contributed by atoms with Crippen molar-refractivity contribution in [3.05, 3.63) is 66.4 Å². The highest BCUT2D eigenvalue weighted by Crippen LogP contribution is 2.40. The predicted octanol–water partition coefficient (Wildman–Crippen LogP) is 3.64. The highest BCUT2D eigenvalue weighted by Gasteiger charge is 2.35. The average molecular weight is 401 g/mol. The number of nitrogens with two attached hydrogens (primary N) is 1. The van der Waals surface area contributed by atoms with E-state index in [2.05, 4.69) is 10.1 Å². The molecule has 0 unspecified atom stereocenters. The summed E-state index contributed by atoms with van der Waals surface area (Å²) in [5, 5.41) is 4.14. The molecule has 4 aromatic rings. The molecule has 1 aromatic carbocycles. The summed E-state index contributed by atoms with van der Waals surface area (Å²) < 4.78 is 49.5. The van der Waals surface area contributed by atoms with Crippen LogP contribution in [0.3, 0.4) is 0 Å². The Morgan fingerprint density at radius 3 is 2.59 bits per heavy atom. The van der Waals surface area contributed by atoms with E-state index in [9.17, 15) is 18.0 Å². The van der Waals surface area contributed by atoms with Gasteiger partial charge in [0.1, 0.15) is 11.3 Å². The number of primary amides is 1. The van der Waals surface area contributed by atoms with Gasteiger partial charge in [-0.2, -0.15) is 18.3 Å². The van der Waals surface area contributed by atoms with E-state index >= 15 is 0 Å². The second kappa shape index (κ2) is 6.66. The number of amides is 1. The zero-order valence-electron chi connectivity index (χ0n) is 15.0. The average Bonchev–Trinajstić information content (AvgIpc) is 3.29. The van der Waals surface area contributed by atoms with Gasteiger partial charge >= 0.3 is 6.18 Å². The Hall–Kier alpha value is -3.82. The summed E-state index contributed by atoms with van der Waals surface area (Å²) in [5.74, 6) is -1.26. The third-order valence-electron chi connectivity index (χ3n) is 4.26. The maximum absolute atomic E-state index is 13.5. The lowest BCUT2D eigenvalue weighted by Gasteiger charge is -2.15. The number of halogens is 3. The quantitative estimate of drug-likeness (QED) is 0.566. The molecule has 1 amide bonds. The fraction of sp³-hybridized carbons (Fsp3) is 0.105.